The van der Waals surface area contributed by atoms with Gasteiger partial charge in [0.15, 0.2) is 0 Å². The van der Waals surface area contributed by atoms with Crippen LogP contribution in [0.5, 0.6) is 0 Å². The molecule has 16 heavy (non-hydrogen) atoms. The second kappa shape index (κ2) is 7.93. The molecule has 0 atom stereocenters. The van der Waals surface area contributed by atoms with Gasteiger partial charge in [0.2, 0.25) is 0 Å². The molecule has 90 valence electrons. The van der Waals surface area contributed by atoms with Crippen LogP contribution < -0.4 is 10.6 Å². The quantitative estimate of drug-likeness (QED) is 0.591. The first-order valence-corrected chi connectivity index (χ1v) is 5.92. The van der Waals surface area contributed by atoms with Gasteiger partial charge in [-0.05, 0) is 31.4 Å². The van der Waals surface area contributed by atoms with Gasteiger partial charge in [0, 0.05) is 19.7 Å². The molecule has 0 amide bonds. The fraction of sp³-hybridized carbons (Fsp3) is 0.583. The maximum Gasteiger partial charge on any atom is 0.128 e. The second-order valence-corrected chi connectivity index (χ2v) is 3.69. The summed E-state index contributed by atoms with van der Waals surface area (Å²) in [5, 5.41) is 15.1. The molecule has 0 saturated heterocycles. The third-order valence-corrected chi connectivity index (χ3v) is 2.20. The molecule has 3 N–H and O–H groups in total. The van der Waals surface area contributed by atoms with E-state index in [1.54, 1.807) is 0 Å². The molecule has 4 heteroatoms. The number of hydrogen-bond acceptors (Lipinski definition) is 4. The smallest absolute Gasteiger partial charge is 0.128 e. The number of hydrogen-bond donors (Lipinski definition) is 3. The molecule has 0 aliphatic carbocycles. The highest BCUT2D eigenvalue weighted by atomic mass is 16.2. The van der Waals surface area contributed by atoms with Crippen molar-refractivity contribution in [3.63, 3.8) is 0 Å². The van der Waals surface area contributed by atoms with E-state index in [2.05, 4.69) is 22.5 Å². The molecule has 0 saturated carbocycles. The summed E-state index contributed by atoms with van der Waals surface area (Å²) in [6.07, 6.45) is 2.89. The van der Waals surface area contributed by atoms with Crippen molar-refractivity contribution in [1.29, 1.82) is 0 Å². The van der Waals surface area contributed by atoms with E-state index in [4.69, 9.17) is 5.11 Å². The molecule has 0 unspecified atom stereocenters. The van der Waals surface area contributed by atoms with Gasteiger partial charge in [0.25, 0.3) is 0 Å². The Morgan fingerprint density at radius 3 is 2.44 bits per heavy atom. The molecule has 0 bridgehead atoms. The number of pyridine rings is 1. The number of aliphatic hydroxyl groups excluding tert-OH is 1. The standard InChI is InChI=1S/C12H21N3O/c1-2-8-13-11-6-5-7-12(15-11)14-9-3-4-10-16/h5-7,16H,2-4,8-10H2,1H3,(H2,13,14,15). The molecular weight excluding hydrogens is 202 g/mol. The average molecular weight is 223 g/mol. The van der Waals surface area contributed by atoms with Crippen molar-refractivity contribution in [2.75, 3.05) is 30.3 Å². The van der Waals surface area contributed by atoms with Gasteiger partial charge in [-0.2, -0.15) is 0 Å². The van der Waals surface area contributed by atoms with Gasteiger partial charge in [-0.15, -0.1) is 0 Å². The van der Waals surface area contributed by atoms with Crippen LogP contribution in [0.15, 0.2) is 18.2 Å². The fourth-order valence-electron chi connectivity index (χ4n) is 1.34. The Morgan fingerprint density at radius 2 is 1.81 bits per heavy atom. The average Bonchev–Trinajstić information content (AvgIpc) is 2.33. The van der Waals surface area contributed by atoms with Crippen LogP contribution in [0.2, 0.25) is 0 Å². The molecule has 0 aliphatic rings. The Hall–Kier alpha value is -1.29. The highest BCUT2D eigenvalue weighted by molar-refractivity contribution is 5.44. The van der Waals surface area contributed by atoms with Crippen LogP contribution in [0.4, 0.5) is 11.6 Å². The number of aliphatic hydroxyl groups is 1. The Morgan fingerprint density at radius 1 is 1.12 bits per heavy atom. The van der Waals surface area contributed by atoms with Crippen LogP contribution in [-0.4, -0.2) is 29.8 Å². The van der Waals surface area contributed by atoms with Gasteiger partial charge in [0.1, 0.15) is 11.6 Å². The van der Waals surface area contributed by atoms with Crippen LogP contribution in [0, 0.1) is 0 Å². The van der Waals surface area contributed by atoms with Gasteiger partial charge in [-0.3, -0.25) is 0 Å². The van der Waals surface area contributed by atoms with Gasteiger partial charge in [0.05, 0.1) is 0 Å². The van der Waals surface area contributed by atoms with Gasteiger partial charge >= 0.3 is 0 Å². The van der Waals surface area contributed by atoms with Crippen molar-refractivity contribution < 1.29 is 5.11 Å². The lowest BCUT2D eigenvalue weighted by Gasteiger charge is -2.08. The zero-order valence-corrected chi connectivity index (χ0v) is 9.87. The Labute approximate surface area is 97.1 Å². The van der Waals surface area contributed by atoms with Crippen LogP contribution >= 0.6 is 0 Å². The minimum absolute atomic E-state index is 0.257. The van der Waals surface area contributed by atoms with E-state index in [9.17, 15) is 0 Å². The van der Waals surface area contributed by atoms with Gasteiger partial charge in [-0.1, -0.05) is 13.0 Å². The highest BCUT2D eigenvalue weighted by Crippen LogP contribution is 2.09. The largest absolute Gasteiger partial charge is 0.396 e. The maximum absolute atomic E-state index is 8.65. The van der Waals surface area contributed by atoms with E-state index in [0.29, 0.717) is 0 Å². The van der Waals surface area contributed by atoms with Gasteiger partial charge in [-0.25, -0.2) is 4.98 Å². The molecule has 1 aromatic rings. The van der Waals surface area contributed by atoms with Crippen molar-refractivity contribution in [1.82, 2.24) is 4.98 Å². The summed E-state index contributed by atoms with van der Waals surface area (Å²) >= 11 is 0. The van der Waals surface area contributed by atoms with Crippen molar-refractivity contribution in [2.45, 2.75) is 26.2 Å². The molecular formula is C12H21N3O. The Kier molecular flexibility index (Phi) is 6.33. The van der Waals surface area contributed by atoms with E-state index in [-0.39, 0.29) is 6.61 Å². The summed E-state index contributed by atoms with van der Waals surface area (Å²) in [6, 6.07) is 5.91. The van der Waals surface area contributed by atoms with E-state index < -0.39 is 0 Å². The molecule has 1 heterocycles. The van der Waals surface area contributed by atoms with Crippen LogP contribution in [0.1, 0.15) is 26.2 Å². The molecule has 0 aliphatic heterocycles. The number of nitrogens with one attached hydrogen (secondary N) is 2. The van der Waals surface area contributed by atoms with Crippen LogP contribution in [0.25, 0.3) is 0 Å². The molecule has 0 fully saturated rings. The van der Waals surface area contributed by atoms with Crippen LogP contribution in [0.3, 0.4) is 0 Å². The lowest BCUT2D eigenvalue weighted by molar-refractivity contribution is 0.286. The first kappa shape index (κ1) is 12.8. The lowest BCUT2D eigenvalue weighted by Crippen LogP contribution is -2.06. The monoisotopic (exact) mass is 223 g/mol. The minimum atomic E-state index is 0.257. The minimum Gasteiger partial charge on any atom is -0.396 e. The fourth-order valence-corrected chi connectivity index (χ4v) is 1.34. The number of anilines is 2. The van der Waals surface area contributed by atoms with Crippen molar-refractivity contribution in [3.8, 4) is 0 Å². The first-order chi connectivity index (χ1) is 7.86. The van der Waals surface area contributed by atoms with Crippen molar-refractivity contribution >= 4 is 11.6 Å². The molecule has 0 aromatic carbocycles. The third kappa shape index (κ3) is 4.98. The van der Waals surface area contributed by atoms with E-state index in [1.807, 2.05) is 18.2 Å². The van der Waals surface area contributed by atoms with Crippen LogP contribution in [-0.2, 0) is 0 Å². The summed E-state index contributed by atoms with van der Waals surface area (Å²) < 4.78 is 0. The zero-order chi connectivity index (χ0) is 11.6. The number of aromatic nitrogens is 1. The number of unbranched alkanes of at least 4 members (excludes halogenated alkanes) is 1. The molecule has 0 spiro atoms. The zero-order valence-electron chi connectivity index (χ0n) is 9.87. The summed E-state index contributed by atoms with van der Waals surface area (Å²) in [5.74, 6) is 1.80. The van der Waals surface area contributed by atoms with Crippen molar-refractivity contribution in [3.05, 3.63) is 18.2 Å². The predicted molar refractivity (Wildman–Crippen MR) is 67.8 cm³/mol. The first-order valence-electron chi connectivity index (χ1n) is 5.92. The SMILES string of the molecule is CCCNc1cccc(NCCCCO)n1. The number of nitrogens with zero attached hydrogens (tertiary/aromatic N) is 1. The molecule has 0 radical (unpaired) electrons. The third-order valence-electron chi connectivity index (χ3n) is 2.20. The summed E-state index contributed by atoms with van der Waals surface area (Å²) in [7, 11) is 0. The Bertz CT molecular complexity index is 291. The van der Waals surface area contributed by atoms with E-state index in [0.717, 1.165) is 44.0 Å². The van der Waals surface area contributed by atoms with Gasteiger partial charge < -0.3 is 15.7 Å². The molecule has 4 nitrogen and oxygen atoms in total. The summed E-state index contributed by atoms with van der Waals surface area (Å²) in [4.78, 5) is 4.42. The maximum atomic E-state index is 8.65. The summed E-state index contributed by atoms with van der Waals surface area (Å²) in [5.41, 5.74) is 0. The van der Waals surface area contributed by atoms with Crippen molar-refractivity contribution in [2.24, 2.45) is 0 Å². The second-order valence-electron chi connectivity index (χ2n) is 3.69. The molecule has 1 aromatic heterocycles. The Balaban J connectivity index is 2.35. The lowest BCUT2D eigenvalue weighted by atomic mass is 10.3. The summed E-state index contributed by atoms with van der Waals surface area (Å²) in [6.45, 7) is 4.18. The van der Waals surface area contributed by atoms with E-state index >= 15 is 0 Å². The predicted octanol–water partition coefficient (Wildman–Crippen LogP) is 2.09. The molecule has 1 rings (SSSR count). The highest BCUT2D eigenvalue weighted by Gasteiger charge is 1.96. The van der Waals surface area contributed by atoms with E-state index in [1.165, 1.54) is 0 Å². The number of rotatable bonds is 8. The normalized spacial score (nSPS) is 10.1. The topological polar surface area (TPSA) is 57.2 Å².